The van der Waals surface area contributed by atoms with Gasteiger partial charge in [-0.25, -0.2) is 9.37 Å². The second-order valence-corrected chi connectivity index (χ2v) is 2.86. The first-order chi connectivity index (χ1) is 6.15. The highest BCUT2D eigenvalue weighted by Gasteiger charge is 2.11. The molecule has 0 bridgehead atoms. The topological polar surface area (TPSA) is 62.7 Å². The van der Waals surface area contributed by atoms with Gasteiger partial charge in [-0.1, -0.05) is 11.6 Å². The molecule has 0 radical (unpaired) electrons. The van der Waals surface area contributed by atoms with Crippen LogP contribution in [0, 0.1) is 17.1 Å². The van der Waals surface area contributed by atoms with E-state index in [1.54, 1.807) is 0 Å². The van der Waals surface area contributed by atoms with Crippen LogP contribution in [0.15, 0.2) is 12.3 Å². The minimum atomic E-state index is -0.583. The Kier molecular flexibility index (Phi) is 3.18. The molecule has 0 saturated carbocycles. The fourth-order valence-corrected chi connectivity index (χ4v) is 1.15. The maximum atomic E-state index is 12.7. The summed E-state index contributed by atoms with van der Waals surface area (Å²) in [7, 11) is 0. The van der Waals surface area contributed by atoms with Gasteiger partial charge in [0.05, 0.1) is 18.7 Å². The minimum Gasteiger partial charge on any atom is -0.323 e. The van der Waals surface area contributed by atoms with E-state index >= 15 is 0 Å². The van der Waals surface area contributed by atoms with Gasteiger partial charge in [-0.15, -0.1) is 0 Å². The normalized spacial score (nSPS) is 12.2. The SMILES string of the molecule is N#CC[C@H](N)c1cc(F)cnc1Cl. The van der Waals surface area contributed by atoms with Crippen LogP contribution >= 0.6 is 11.6 Å². The third kappa shape index (κ3) is 2.38. The zero-order valence-corrected chi connectivity index (χ0v) is 7.42. The number of rotatable bonds is 2. The summed E-state index contributed by atoms with van der Waals surface area (Å²) in [6, 6.07) is 2.49. The van der Waals surface area contributed by atoms with Crippen molar-refractivity contribution < 1.29 is 4.39 Å². The number of hydrogen-bond acceptors (Lipinski definition) is 3. The Morgan fingerprint density at radius 1 is 1.77 bits per heavy atom. The third-order valence-corrected chi connectivity index (χ3v) is 1.86. The van der Waals surface area contributed by atoms with Crippen molar-refractivity contribution in [3.63, 3.8) is 0 Å². The lowest BCUT2D eigenvalue weighted by Gasteiger charge is -2.08. The summed E-state index contributed by atoms with van der Waals surface area (Å²) >= 11 is 5.66. The first kappa shape index (κ1) is 9.90. The Morgan fingerprint density at radius 2 is 2.46 bits per heavy atom. The molecule has 68 valence electrons. The predicted octanol–water partition coefficient (Wildman–Crippen LogP) is 1.79. The molecular weight excluding hydrogens is 193 g/mol. The van der Waals surface area contributed by atoms with E-state index < -0.39 is 11.9 Å². The number of nitrogens with zero attached hydrogens (tertiary/aromatic N) is 2. The van der Waals surface area contributed by atoms with E-state index in [1.807, 2.05) is 6.07 Å². The number of pyridine rings is 1. The predicted molar refractivity (Wildman–Crippen MR) is 46.4 cm³/mol. The molecule has 1 heterocycles. The van der Waals surface area contributed by atoms with Crippen molar-refractivity contribution in [2.75, 3.05) is 0 Å². The molecular formula is C8H7ClFN3. The summed E-state index contributed by atoms with van der Waals surface area (Å²) in [5, 5.41) is 8.51. The van der Waals surface area contributed by atoms with E-state index in [9.17, 15) is 4.39 Å². The smallest absolute Gasteiger partial charge is 0.141 e. The van der Waals surface area contributed by atoms with Gasteiger partial charge in [0.25, 0.3) is 0 Å². The molecule has 1 rings (SSSR count). The molecule has 1 aromatic heterocycles. The zero-order chi connectivity index (χ0) is 9.84. The lowest BCUT2D eigenvalue weighted by molar-refractivity contribution is 0.612. The Labute approximate surface area is 79.9 Å². The quantitative estimate of drug-likeness (QED) is 0.739. The number of nitrogens with two attached hydrogens (primary N) is 1. The number of halogens is 2. The number of aromatic nitrogens is 1. The summed E-state index contributed by atoms with van der Waals surface area (Å²) in [5.74, 6) is -0.507. The van der Waals surface area contributed by atoms with Crippen molar-refractivity contribution in [2.45, 2.75) is 12.5 Å². The van der Waals surface area contributed by atoms with Crippen LogP contribution in [0.4, 0.5) is 4.39 Å². The second-order valence-electron chi connectivity index (χ2n) is 2.50. The van der Waals surface area contributed by atoms with Crippen LogP contribution in [0.5, 0.6) is 0 Å². The van der Waals surface area contributed by atoms with Crippen LogP contribution in [-0.2, 0) is 0 Å². The molecule has 1 atom stereocenters. The van der Waals surface area contributed by atoms with Crippen molar-refractivity contribution in [3.8, 4) is 6.07 Å². The van der Waals surface area contributed by atoms with Crippen LogP contribution in [0.25, 0.3) is 0 Å². The highest BCUT2D eigenvalue weighted by molar-refractivity contribution is 6.30. The van der Waals surface area contributed by atoms with Crippen LogP contribution in [0.1, 0.15) is 18.0 Å². The standard InChI is InChI=1S/C8H7ClFN3/c9-8-6(7(12)1-2-11)3-5(10)4-13-8/h3-4,7H,1,12H2/t7-/m0/s1. The monoisotopic (exact) mass is 199 g/mol. The van der Waals surface area contributed by atoms with Gasteiger partial charge in [0, 0.05) is 11.6 Å². The molecule has 2 N–H and O–H groups in total. The molecule has 5 heteroatoms. The summed E-state index contributed by atoms with van der Waals surface area (Å²) in [4.78, 5) is 3.58. The van der Waals surface area contributed by atoms with Crippen molar-refractivity contribution in [2.24, 2.45) is 5.73 Å². The number of hydrogen-bond donors (Lipinski definition) is 1. The van der Waals surface area contributed by atoms with Gasteiger partial charge in [-0.2, -0.15) is 5.26 Å². The Morgan fingerprint density at radius 3 is 3.08 bits per heavy atom. The Balaban J connectivity index is 3.00. The molecule has 0 aliphatic rings. The highest BCUT2D eigenvalue weighted by atomic mass is 35.5. The van der Waals surface area contributed by atoms with Gasteiger partial charge in [0.1, 0.15) is 11.0 Å². The Hall–Kier alpha value is -1.18. The second kappa shape index (κ2) is 4.17. The van der Waals surface area contributed by atoms with Crippen molar-refractivity contribution in [1.82, 2.24) is 4.98 Å². The van der Waals surface area contributed by atoms with E-state index in [2.05, 4.69) is 4.98 Å². The molecule has 0 aliphatic heterocycles. The van der Waals surface area contributed by atoms with Gasteiger partial charge in [-0.05, 0) is 6.07 Å². The van der Waals surface area contributed by atoms with Crippen LogP contribution in [0.3, 0.4) is 0 Å². The number of nitriles is 1. The molecule has 1 aromatic rings. The van der Waals surface area contributed by atoms with Crippen molar-refractivity contribution >= 4 is 11.6 Å². The van der Waals surface area contributed by atoms with Crippen LogP contribution < -0.4 is 5.73 Å². The third-order valence-electron chi connectivity index (χ3n) is 1.54. The lowest BCUT2D eigenvalue weighted by Crippen LogP contribution is -2.10. The zero-order valence-electron chi connectivity index (χ0n) is 6.67. The van der Waals surface area contributed by atoms with E-state index in [0.29, 0.717) is 5.56 Å². The van der Waals surface area contributed by atoms with Crippen LogP contribution in [0.2, 0.25) is 5.15 Å². The summed E-state index contributed by atoms with van der Waals surface area (Å²) in [6.07, 6.45) is 1.09. The Bertz CT molecular complexity index is 348. The van der Waals surface area contributed by atoms with E-state index in [-0.39, 0.29) is 11.6 Å². The van der Waals surface area contributed by atoms with E-state index in [1.165, 1.54) is 6.07 Å². The lowest BCUT2D eigenvalue weighted by atomic mass is 10.1. The molecule has 0 aromatic carbocycles. The van der Waals surface area contributed by atoms with E-state index in [0.717, 1.165) is 6.20 Å². The molecule has 0 amide bonds. The van der Waals surface area contributed by atoms with E-state index in [4.69, 9.17) is 22.6 Å². The molecule has 13 heavy (non-hydrogen) atoms. The fourth-order valence-electron chi connectivity index (χ4n) is 0.907. The molecule has 0 unspecified atom stereocenters. The molecule has 3 nitrogen and oxygen atoms in total. The van der Waals surface area contributed by atoms with Crippen molar-refractivity contribution in [3.05, 3.63) is 28.8 Å². The summed E-state index contributed by atoms with van der Waals surface area (Å²) in [5.41, 5.74) is 5.93. The van der Waals surface area contributed by atoms with Crippen molar-refractivity contribution in [1.29, 1.82) is 5.26 Å². The fraction of sp³-hybridized carbons (Fsp3) is 0.250. The average molecular weight is 200 g/mol. The van der Waals surface area contributed by atoms with Gasteiger partial charge in [0.2, 0.25) is 0 Å². The minimum absolute atomic E-state index is 0.0881. The maximum Gasteiger partial charge on any atom is 0.141 e. The maximum absolute atomic E-state index is 12.7. The molecule has 0 fully saturated rings. The largest absolute Gasteiger partial charge is 0.323 e. The summed E-state index contributed by atoms with van der Waals surface area (Å²) in [6.45, 7) is 0. The first-order valence-electron chi connectivity index (χ1n) is 3.58. The molecule has 0 aliphatic carbocycles. The molecule has 0 spiro atoms. The summed E-state index contributed by atoms with van der Waals surface area (Å²) < 4.78 is 12.7. The van der Waals surface area contributed by atoms with Crippen LogP contribution in [-0.4, -0.2) is 4.98 Å². The average Bonchev–Trinajstić information content (AvgIpc) is 2.09. The molecule has 0 saturated heterocycles. The van der Waals surface area contributed by atoms with Gasteiger partial charge < -0.3 is 5.73 Å². The van der Waals surface area contributed by atoms with Gasteiger partial charge >= 0.3 is 0 Å². The highest BCUT2D eigenvalue weighted by Crippen LogP contribution is 2.21. The van der Waals surface area contributed by atoms with Gasteiger partial charge in [-0.3, -0.25) is 0 Å². The first-order valence-corrected chi connectivity index (χ1v) is 3.96. The van der Waals surface area contributed by atoms with Gasteiger partial charge in [0.15, 0.2) is 0 Å².